The van der Waals surface area contributed by atoms with Crippen molar-refractivity contribution >= 4 is 11.9 Å². The number of rotatable bonds is 4. The van der Waals surface area contributed by atoms with Gasteiger partial charge >= 0.3 is 6.03 Å². The molecule has 2 heterocycles. The first kappa shape index (κ1) is 18.7. The summed E-state index contributed by atoms with van der Waals surface area (Å²) in [6.07, 6.45) is 3.72. The maximum Gasteiger partial charge on any atom is 0.327 e. The van der Waals surface area contributed by atoms with Crippen LogP contribution in [-0.2, 0) is 11.3 Å². The van der Waals surface area contributed by atoms with E-state index < -0.39 is 0 Å². The van der Waals surface area contributed by atoms with Crippen molar-refractivity contribution in [3.05, 3.63) is 35.7 Å². The standard InChI is InChI=1S/C21H26N4O3/c1-13(2)25-20(26)16-9-4-5-10-17(16)24(21(25)27)12-18-22-19(23-28-18)15-8-6-7-14(3)11-15/h6-8,11,13,16-17H,4-5,9-10,12H2,1-3H3. The molecular weight excluding hydrogens is 356 g/mol. The van der Waals surface area contributed by atoms with E-state index in [0.29, 0.717) is 11.7 Å². The molecule has 1 aromatic heterocycles. The largest absolute Gasteiger partial charge is 0.337 e. The average Bonchev–Trinajstić information content (AvgIpc) is 3.14. The third-order valence-corrected chi connectivity index (χ3v) is 5.70. The number of carbonyl (C=O) groups is 2. The lowest BCUT2D eigenvalue weighted by atomic mass is 9.81. The molecule has 1 saturated heterocycles. The van der Waals surface area contributed by atoms with E-state index in [4.69, 9.17) is 4.52 Å². The molecule has 1 aliphatic carbocycles. The van der Waals surface area contributed by atoms with E-state index in [1.807, 2.05) is 45.0 Å². The Labute approximate surface area is 164 Å². The zero-order valence-corrected chi connectivity index (χ0v) is 16.6. The summed E-state index contributed by atoms with van der Waals surface area (Å²) in [5.41, 5.74) is 2.00. The maximum absolute atomic E-state index is 13.1. The van der Waals surface area contributed by atoms with Crippen molar-refractivity contribution < 1.29 is 14.1 Å². The molecule has 0 spiro atoms. The number of imide groups is 1. The highest BCUT2D eigenvalue weighted by Crippen LogP contribution is 2.36. The van der Waals surface area contributed by atoms with Gasteiger partial charge in [0.15, 0.2) is 0 Å². The van der Waals surface area contributed by atoms with Gasteiger partial charge in [-0.1, -0.05) is 41.8 Å². The van der Waals surface area contributed by atoms with Crippen molar-refractivity contribution in [2.45, 2.75) is 65.1 Å². The lowest BCUT2D eigenvalue weighted by molar-refractivity contribution is -0.142. The Kier molecular flexibility index (Phi) is 4.91. The van der Waals surface area contributed by atoms with Crippen LogP contribution in [0.2, 0.25) is 0 Å². The molecule has 4 rings (SSSR count). The Hall–Kier alpha value is -2.70. The third-order valence-electron chi connectivity index (χ3n) is 5.70. The zero-order chi connectivity index (χ0) is 19.8. The second-order valence-electron chi connectivity index (χ2n) is 8.05. The predicted octanol–water partition coefficient (Wildman–Crippen LogP) is 3.78. The fourth-order valence-corrected chi connectivity index (χ4v) is 4.35. The van der Waals surface area contributed by atoms with Crippen molar-refractivity contribution in [3.63, 3.8) is 0 Å². The molecule has 3 amide bonds. The maximum atomic E-state index is 13.1. The topological polar surface area (TPSA) is 79.5 Å². The number of nitrogens with zero attached hydrogens (tertiary/aromatic N) is 4. The molecule has 148 valence electrons. The van der Waals surface area contributed by atoms with E-state index in [9.17, 15) is 9.59 Å². The van der Waals surface area contributed by atoms with Crippen LogP contribution in [0.25, 0.3) is 11.4 Å². The molecule has 0 radical (unpaired) electrons. The highest BCUT2D eigenvalue weighted by atomic mass is 16.5. The molecule has 28 heavy (non-hydrogen) atoms. The summed E-state index contributed by atoms with van der Waals surface area (Å²) in [5.74, 6) is 0.743. The number of benzene rings is 1. The minimum Gasteiger partial charge on any atom is -0.337 e. The van der Waals surface area contributed by atoms with Crippen LogP contribution >= 0.6 is 0 Å². The van der Waals surface area contributed by atoms with E-state index in [1.54, 1.807) is 4.90 Å². The molecule has 2 aliphatic rings. The number of amides is 3. The van der Waals surface area contributed by atoms with Crippen LogP contribution in [0, 0.1) is 12.8 Å². The normalized spacial score (nSPS) is 22.7. The predicted molar refractivity (Wildman–Crippen MR) is 103 cm³/mol. The molecule has 7 heteroatoms. The Morgan fingerprint density at radius 2 is 2.00 bits per heavy atom. The van der Waals surface area contributed by atoms with Crippen LogP contribution < -0.4 is 0 Å². The van der Waals surface area contributed by atoms with Crippen LogP contribution in [0.1, 0.15) is 51.0 Å². The van der Waals surface area contributed by atoms with E-state index >= 15 is 0 Å². The summed E-state index contributed by atoms with van der Waals surface area (Å²) in [5, 5.41) is 4.09. The summed E-state index contributed by atoms with van der Waals surface area (Å²) in [6.45, 7) is 5.99. The third kappa shape index (κ3) is 3.30. The lowest BCUT2D eigenvalue weighted by Crippen LogP contribution is -2.63. The van der Waals surface area contributed by atoms with Gasteiger partial charge in [0.1, 0.15) is 6.54 Å². The number of carbonyl (C=O) groups excluding carboxylic acids is 2. The van der Waals surface area contributed by atoms with Crippen molar-refractivity contribution in [1.82, 2.24) is 19.9 Å². The minimum absolute atomic E-state index is 0.0353. The van der Waals surface area contributed by atoms with Crippen LogP contribution in [0.15, 0.2) is 28.8 Å². The monoisotopic (exact) mass is 382 g/mol. The molecule has 1 saturated carbocycles. The summed E-state index contributed by atoms with van der Waals surface area (Å²) in [7, 11) is 0. The van der Waals surface area contributed by atoms with Crippen LogP contribution in [0.5, 0.6) is 0 Å². The first-order chi connectivity index (χ1) is 13.5. The van der Waals surface area contributed by atoms with Gasteiger partial charge in [-0.15, -0.1) is 0 Å². The molecular formula is C21H26N4O3. The molecule has 0 N–H and O–H groups in total. The first-order valence-corrected chi connectivity index (χ1v) is 9.99. The fourth-order valence-electron chi connectivity index (χ4n) is 4.35. The summed E-state index contributed by atoms with van der Waals surface area (Å²) in [4.78, 5) is 33.6. The number of hydrogen-bond acceptors (Lipinski definition) is 5. The zero-order valence-electron chi connectivity index (χ0n) is 16.6. The molecule has 1 aromatic carbocycles. The average molecular weight is 382 g/mol. The molecule has 2 atom stereocenters. The Morgan fingerprint density at radius 3 is 2.75 bits per heavy atom. The molecule has 2 unspecified atom stereocenters. The number of hydrogen-bond donors (Lipinski definition) is 0. The van der Waals surface area contributed by atoms with Gasteiger partial charge in [0.05, 0.1) is 5.92 Å². The number of fused-ring (bicyclic) bond motifs is 1. The van der Waals surface area contributed by atoms with E-state index in [0.717, 1.165) is 36.8 Å². The molecule has 7 nitrogen and oxygen atoms in total. The highest BCUT2D eigenvalue weighted by Gasteiger charge is 2.48. The highest BCUT2D eigenvalue weighted by molar-refractivity contribution is 5.99. The van der Waals surface area contributed by atoms with Gasteiger partial charge in [-0.05, 0) is 39.7 Å². The van der Waals surface area contributed by atoms with Crippen molar-refractivity contribution in [1.29, 1.82) is 0 Å². The number of aromatic nitrogens is 2. The Bertz CT molecular complexity index is 891. The van der Waals surface area contributed by atoms with Gasteiger partial charge in [-0.25, -0.2) is 4.79 Å². The van der Waals surface area contributed by atoms with E-state index in [-0.39, 0.29) is 36.5 Å². The molecule has 1 aliphatic heterocycles. The van der Waals surface area contributed by atoms with Crippen molar-refractivity contribution in [2.75, 3.05) is 0 Å². The van der Waals surface area contributed by atoms with Crippen molar-refractivity contribution in [2.24, 2.45) is 5.92 Å². The summed E-state index contributed by atoms with van der Waals surface area (Å²) < 4.78 is 5.45. The smallest absolute Gasteiger partial charge is 0.327 e. The quantitative estimate of drug-likeness (QED) is 0.804. The fraction of sp³-hybridized carbons (Fsp3) is 0.524. The molecule has 2 aromatic rings. The minimum atomic E-state index is -0.251. The Balaban J connectivity index is 1.60. The van der Waals surface area contributed by atoms with Crippen LogP contribution in [0.4, 0.5) is 4.79 Å². The van der Waals surface area contributed by atoms with Crippen molar-refractivity contribution in [3.8, 4) is 11.4 Å². The van der Waals surface area contributed by atoms with Crippen LogP contribution in [0.3, 0.4) is 0 Å². The van der Waals surface area contributed by atoms with Gasteiger partial charge < -0.3 is 9.42 Å². The second kappa shape index (κ2) is 7.37. The second-order valence-corrected chi connectivity index (χ2v) is 8.05. The first-order valence-electron chi connectivity index (χ1n) is 9.99. The van der Waals surface area contributed by atoms with Gasteiger partial charge in [-0.3, -0.25) is 9.69 Å². The number of aryl methyl sites for hydroxylation is 1. The summed E-state index contributed by atoms with van der Waals surface area (Å²) in [6, 6.07) is 7.39. The number of urea groups is 1. The van der Waals surface area contributed by atoms with E-state index in [1.165, 1.54) is 4.90 Å². The summed E-state index contributed by atoms with van der Waals surface area (Å²) >= 11 is 0. The SMILES string of the molecule is Cc1cccc(-c2noc(CN3C(=O)N(C(C)C)C(=O)C4CCCCC43)n2)c1. The van der Waals surface area contributed by atoms with E-state index in [2.05, 4.69) is 10.1 Å². The van der Waals surface area contributed by atoms with Crippen LogP contribution in [-0.4, -0.2) is 44.0 Å². The molecule has 0 bridgehead atoms. The van der Waals surface area contributed by atoms with Gasteiger partial charge in [0, 0.05) is 17.6 Å². The van der Waals surface area contributed by atoms with Gasteiger partial charge in [-0.2, -0.15) is 4.98 Å². The van der Waals surface area contributed by atoms with Gasteiger partial charge in [0.2, 0.25) is 17.6 Å². The molecule has 2 fully saturated rings. The Morgan fingerprint density at radius 1 is 1.21 bits per heavy atom. The lowest BCUT2D eigenvalue weighted by Gasteiger charge is -2.47. The van der Waals surface area contributed by atoms with Gasteiger partial charge in [0.25, 0.3) is 0 Å².